The van der Waals surface area contributed by atoms with E-state index in [1.165, 1.54) is 0 Å². The van der Waals surface area contributed by atoms with E-state index in [-0.39, 0.29) is 24.0 Å². The van der Waals surface area contributed by atoms with Crippen LogP contribution in [0.2, 0.25) is 0 Å². The summed E-state index contributed by atoms with van der Waals surface area (Å²) < 4.78 is 22.6. The van der Waals surface area contributed by atoms with Crippen molar-refractivity contribution < 1.29 is 18.9 Å². The summed E-state index contributed by atoms with van der Waals surface area (Å²) in [6.45, 7) is 4.67. The molecule has 0 unspecified atom stereocenters. The molecule has 3 rings (SSSR count). The third-order valence-corrected chi connectivity index (χ3v) is 4.38. The topological polar surface area (TPSA) is 73.3 Å². The summed E-state index contributed by atoms with van der Waals surface area (Å²) in [6.07, 6.45) is 1.83. The van der Waals surface area contributed by atoms with Crippen LogP contribution in [-0.4, -0.2) is 39.9 Å². The smallest absolute Gasteiger partial charge is 0.195 e. The molecule has 0 radical (unpaired) electrons. The molecule has 0 spiro atoms. The Kier molecular flexibility index (Phi) is 9.85. The van der Waals surface area contributed by atoms with Crippen molar-refractivity contribution in [1.82, 2.24) is 5.32 Å². The van der Waals surface area contributed by atoms with Crippen LogP contribution in [0.25, 0.3) is 0 Å². The van der Waals surface area contributed by atoms with Crippen molar-refractivity contribution in [3.8, 4) is 23.0 Å². The normalized spacial score (nSPS) is 13.0. The molecule has 0 bridgehead atoms. The van der Waals surface area contributed by atoms with Crippen LogP contribution in [0.3, 0.4) is 0 Å². The number of nitrogens with zero attached hydrogens (tertiary/aromatic N) is 1. The maximum atomic E-state index is 5.75. The largest absolute Gasteiger partial charge is 0.493 e. The highest BCUT2D eigenvalue weighted by molar-refractivity contribution is 14.0. The maximum Gasteiger partial charge on any atom is 0.195 e. The zero-order valence-corrected chi connectivity index (χ0v) is 20.0. The molecule has 1 heterocycles. The minimum atomic E-state index is 0. The third kappa shape index (κ3) is 6.58. The number of fused-ring (bicyclic) bond motifs is 1. The molecular formula is C22H30IN3O4. The van der Waals surface area contributed by atoms with Crippen molar-refractivity contribution in [2.24, 2.45) is 4.99 Å². The molecule has 0 fully saturated rings. The Hall–Kier alpha value is -2.36. The highest BCUT2D eigenvalue weighted by Gasteiger charge is 2.12. The number of benzene rings is 2. The second kappa shape index (κ2) is 12.4. The molecular weight excluding hydrogens is 497 g/mol. The van der Waals surface area contributed by atoms with Crippen molar-refractivity contribution in [3.63, 3.8) is 0 Å². The third-order valence-electron chi connectivity index (χ3n) is 4.38. The lowest BCUT2D eigenvalue weighted by Gasteiger charge is -2.15. The predicted molar refractivity (Wildman–Crippen MR) is 130 cm³/mol. The first-order chi connectivity index (χ1) is 14.2. The van der Waals surface area contributed by atoms with Gasteiger partial charge in [0.2, 0.25) is 0 Å². The van der Waals surface area contributed by atoms with Gasteiger partial charge in [-0.25, -0.2) is 0 Å². The van der Waals surface area contributed by atoms with Crippen LogP contribution < -0.4 is 29.6 Å². The van der Waals surface area contributed by atoms with Crippen LogP contribution >= 0.6 is 24.0 Å². The Morgan fingerprint density at radius 2 is 1.87 bits per heavy atom. The molecule has 2 aromatic carbocycles. The summed E-state index contributed by atoms with van der Waals surface area (Å²) in [5.41, 5.74) is 1.94. The van der Waals surface area contributed by atoms with E-state index in [0.29, 0.717) is 32.3 Å². The lowest BCUT2D eigenvalue weighted by atomic mass is 10.2. The molecule has 0 aromatic heterocycles. The average Bonchev–Trinajstić information content (AvgIpc) is 3.00. The van der Waals surface area contributed by atoms with Crippen LogP contribution in [-0.2, 0) is 6.54 Å². The van der Waals surface area contributed by atoms with Gasteiger partial charge >= 0.3 is 0 Å². The van der Waals surface area contributed by atoms with Crippen LogP contribution in [0.15, 0.2) is 41.4 Å². The van der Waals surface area contributed by atoms with Crippen LogP contribution in [0.4, 0.5) is 5.69 Å². The maximum absolute atomic E-state index is 5.75. The van der Waals surface area contributed by atoms with Gasteiger partial charge in [0.05, 0.1) is 26.9 Å². The number of ether oxygens (including phenoxy) is 4. The van der Waals surface area contributed by atoms with E-state index in [0.717, 1.165) is 47.1 Å². The van der Waals surface area contributed by atoms with Gasteiger partial charge in [0.1, 0.15) is 0 Å². The van der Waals surface area contributed by atoms with Gasteiger partial charge in [-0.15, -0.1) is 24.0 Å². The summed E-state index contributed by atoms with van der Waals surface area (Å²) in [5.74, 6) is 3.66. The SMILES string of the molecule is CCCOc1ccc(CNC(=NC)Nc2ccc3c(c2)OCCCO3)cc1OC.I. The van der Waals surface area contributed by atoms with E-state index in [1.807, 2.05) is 36.4 Å². The lowest BCUT2D eigenvalue weighted by Crippen LogP contribution is -2.30. The highest BCUT2D eigenvalue weighted by atomic mass is 127. The number of hydrogen-bond acceptors (Lipinski definition) is 5. The molecule has 1 aliphatic rings. The van der Waals surface area contributed by atoms with E-state index in [9.17, 15) is 0 Å². The predicted octanol–water partition coefficient (Wildman–Crippen LogP) is 4.45. The quantitative estimate of drug-likeness (QED) is 0.315. The number of nitrogens with one attached hydrogen (secondary N) is 2. The number of aliphatic imine (C=N–C) groups is 1. The Morgan fingerprint density at radius 1 is 1.07 bits per heavy atom. The molecule has 0 saturated heterocycles. The fourth-order valence-electron chi connectivity index (χ4n) is 2.90. The van der Waals surface area contributed by atoms with Crippen LogP contribution in [0.1, 0.15) is 25.3 Å². The zero-order chi connectivity index (χ0) is 20.5. The average molecular weight is 527 g/mol. The molecule has 0 atom stereocenters. The van der Waals surface area contributed by atoms with Crippen molar-refractivity contribution >= 4 is 35.6 Å². The van der Waals surface area contributed by atoms with E-state index in [1.54, 1.807) is 14.2 Å². The molecule has 0 saturated carbocycles. The molecule has 2 N–H and O–H groups in total. The highest BCUT2D eigenvalue weighted by Crippen LogP contribution is 2.32. The number of halogens is 1. The number of guanidine groups is 1. The number of anilines is 1. The Labute approximate surface area is 195 Å². The van der Waals surface area contributed by atoms with Crippen LogP contribution in [0, 0.1) is 0 Å². The van der Waals surface area contributed by atoms with Gasteiger partial charge < -0.3 is 29.6 Å². The molecule has 30 heavy (non-hydrogen) atoms. The van der Waals surface area contributed by atoms with Crippen molar-refractivity contribution in [1.29, 1.82) is 0 Å². The minimum Gasteiger partial charge on any atom is -0.493 e. The molecule has 2 aromatic rings. The second-order valence-corrected chi connectivity index (χ2v) is 6.60. The summed E-state index contributed by atoms with van der Waals surface area (Å²) >= 11 is 0. The Morgan fingerprint density at radius 3 is 2.60 bits per heavy atom. The van der Waals surface area contributed by atoms with E-state index >= 15 is 0 Å². The standard InChI is InChI=1S/C22H29N3O4.HI/c1-4-10-27-18-8-6-16(13-20(18)26-3)15-24-22(23-2)25-17-7-9-19-21(14-17)29-12-5-11-28-19;/h6-9,13-14H,4-5,10-12,15H2,1-3H3,(H2,23,24,25);1H. The van der Waals surface area contributed by atoms with E-state index < -0.39 is 0 Å². The number of rotatable bonds is 7. The Bertz CT molecular complexity index is 845. The summed E-state index contributed by atoms with van der Waals surface area (Å²) in [5, 5.41) is 6.60. The van der Waals surface area contributed by atoms with Gasteiger partial charge in [-0.1, -0.05) is 13.0 Å². The van der Waals surface area contributed by atoms with Gasteiger partial charge in [0.25, 0.3) is 0 Å². The minimum absolute atomic E-state index is 0. The summed E-state index contributed by atoms with van der Waals surface area (Å²) in [6, 6.07) is 11.7. The van der Waals surface area contributed by atoms with Crippen LogP contribution in [0.5, 0.6) is 23.0 Å². The van der Waals surface area contributed by atoms with Crippen molar-refractivity contribution in [2.45, 2.75) is 26.3 Å². The van der Waals surface area contributed by atoms with Crippen molar-refractivity contribution in [3.05, 3.63) is 42.0 Å². The van der Waals surface area contributed by atoms with Gasteiger partial charge in [-0.3, -0.25) is 4.99 Å². The summed E-state index contributed by atoms with van der Waals surface area (Å²) in [4.78, 5) is 4.30. The zero-order valence-electron chi connectivity index (χ0n) is 17.7. The first-order valence-electron chi connectivity index (χ1n) is 9.90. The first-order valence-corrected chi connectivity index (χ1v) is 9.90. The molecule has 0 amide bonds. The number of hydrogen-bond donors (Lipinski definition) is 2. The lowest BCUT2D eigenvalue weighted by molar-refractivity contribution is 0.294. The summed E-state index contributed by atoms with van der Waals surface area (Å²) in [7, 11) is 3.39. The van der Waals surface area contributed by atoms with Gasteiger partial charge in [-0.05, 0) is 36.2 Å². The molecule has 1 aliphatic heterocycles. The Balaban J connectivity index is 0.00000320. The molecule has 164 valence electrons. The van der Waals surface area contributed by atoms with Gasteiger partial charge in [0.15, 0.2) is 29.0 Å². The number of methoxy groups -OCH3 is 1. The fourth-order valence-corrected chi connectivity index (χ4v) is 2.90. The molecule has 8 heteroatoms. The second-order valence-electron chi connectivity index (χ2n) is 6.60. The molecule has 0 aliphatic carbocycles. The first kappa shape index (κ1) is 23.9. The van der Waals surface area contributed by atoms with Crippen molar-refractivity contribution in [2.75, 3.05) is 39.3 Å². The molecule has 7 nitrogen and oxygen atoms in total. The van der Waals surface area contributed by atoms with Gasteiger partial charge in [0, 0.05) is 31.8 Å². The van der Waals surface area contributed by atoms with E-state index in [2.05, 4.69) is 22.5 Å². The monoisotopic (exact) mass is 527 g/mol. The van der Waals surface area contributed by atoms with E-state index in [4.69, 9.17) is 18.9 Å². The van der Waals surface area contributed by atoms with Gasteiger partial charge in [-0.2, -0.15) is 0 Å². The fraction of sp³-hybridized carbons (Fsp3) is 0.409.